The summed E-state index contributed by atoms with van der Waals surface area (Å²) in [6, 6.07) is -2.67. The summed E-state index contributed by atoms with van der Waals surface area (Å²) in [6.07, 6.45) is -0.926. The van der Waals surface area contributed by atoms with Crippen molar-refractivity contribution in [2.75, 3.05) is 6.61 Å². The lowest BCUT2D eigenvalue weighted by Gasteiger charge is -2.18. The van der Waals surface area contributed by atoms with Crippen molar-refractivity contribution in [1.82, 2.24) is 15.8 Å². The van der Waals surface area contributed by atoms with Gasteiger partial charge in [0.2, 0.25) is 5.91 Å². The second kappa shape index (κ2) is 9.70. The molecule has 4 atom stereocenters. The van der Waals surface area contributed by atoms with E-state index in [2.05, 4.69) is 15.8 Å². The third-order valence-corrected chi connectivity index (χ3v) is 3.52. The first-order chi connectivity index (χ1) is 12.1. The first-order valence-corrected chi connectivity index (χ1v) is 7.74. The maximum atomic E-state index is 12.0. The maximum Gasteiger partial charge on any atom is 0.328 e. The minimum absolute atomic E-state index is 0.0650. The van der Waals surface area contributed by atoms with Gasteiger partial charge < -0.3 is 41.9 Å². The monoisotopic (exact) mass is 373 g/mol. The molecule has 146 valence electrons. The molecule has 0 spiro atoms. The van der Waals surface area contributed by atoms with Gasteiger partial charge in [-0.1, -0.05) is 5.16 Å². The Morgan fingerprint density at radius 1 is 1.35 bits per heavy atom. The first kappa shape index (κ1) is 21.3. The molecular weight excluding hydrogens is 350 g/mol. The summed E-state index contributed by atoms with van der Waals surface area (Å²) < 4.78 is 5.04. The van der Waals surface area contributed by atoms with Gasteiger partial charge in [0.15, 0.2) is 11.8 Å². The van der Waals surface area contributed by atoms with Crippen molar-refractivity contribution in [3.63, 3.8) is 0 Å². The summed E-state index contributed by atoms with van der Waals surface area (Å²) in [5.74, 6) is -1.86. The molecular formula is C14H23N5O7. The van der Waals surface area contributed by atoms with Gasteiger partial charge in [-0.25, -0.2) is 9.59 Å². The summed E-state index contributed by atoms with van der Waals surface area (Å²) in [7, 11) is 0. The minimum atomic E-state index is -1.50. The van der Waals surface area contributed by atoms with Crippen LogP contribution in [0.15, 0.2) is 10.6 Å². The molecule has 9 N–H and O–H groups in total. The Hall–Kier alpha value is -2.70. The van der Waals surface area contributed by atoms with E-state index in [0.717, 1.165) is 0 Å². The summed E-state index contributed by atoms with van der Waals surface area (Å²) >= 11 is 0. The van der Waals surface area contributed by atoms with Crippen molar-refractivity contribution in [2.24, 2.45) is 11.5 Å². The normalized spacial score (nSPS) is 15.5. The van der Waals surface area contributed by atoms with Gasteiger partial charge in [0.1, 0.15) is 5.69 Å². The SMILES string of the molecule is C[C@@H](O)[C@H](N)c1cc([C@@H](CCC(N)=O)NC(=O)N[C@@H](CO)C(=O)O)no1. The van der Waals surface area contributed by atoms with Gasteiger partial charge in [-0.15, -0.1) is 0 Å². The lowest BCUT2D eigenvalue weighted by Crippen LogP contribution is -2.48. The van der Waals surface area contributed by atoms with Gasteiger partial charge in [-0.2, -0.15) is 0 Å². The number of carboxylic acids is 1. The van der Waals surface area contributed by atoms with E-state index < -0.39 is 48.7 Å². The predicted molar refractivity (Wildman–Crippen MR) is 86.5 cm³/mol. The van der Waals surface area contributed by atoms with E-state index in [9.17, 15) is 19.5 Å². The van der Waals surface area contributed by atoms with Crippen molar-refractivity contribution in [3.8, 4) is 0 Å². The van der Waals surface area contributed by atoms with E-state index in [0.29, 0.717) is 0 Å². The molecule has 26 heavy (non-hydrogen) atoms. The van der Waals surface area contributed by atoms with Crippen LogP contribution in [0.25, 0.3) is 0 Å². The predicted octanol–water partition coefficient (Wildman–Crippen LogP) is -1.89. The lowest BCUT2D eigenvalue weighted by atomic mass is 10.1. The van der Waals surface area contributed by atoms with E-state index in [4.69, 9.17) is 26.2 Å². The van der Waals surface area contributed by atoms with Crippen molar-refractivity contribution in [2.45, 2.75) is 44.0 Å². The molecule has 1 rings (SSSR count). The zero-order chi connectivity index (χ0) is 19.9. The van der Waals surface area contributed by atoms with Crippen LogP contribution in [0.5, 0.6) is 0 Å². The molecule has 12 nitrogen and oxygen atoms in total. The number of aliphatic hydroxyl groups excluding tert-OH is 2. The average molecular weight is 373 g/mol. The molecule has 0 fully saturated rings. The zero-order valence-corrected chi connectivity index (χ0v) is 14.1. The third kappa shape index (κ3) is 6.31. The highest BCUT2D eigenvalue weighted by Crippen LogP contribution is 2.22. The fourth-order valence-corrected chi connectivity index (χ4v) is 1.99. The molecule has 0 unspecified atom stereocenters. The van der Waals surface area contributed by atoms with Crippen LogP contribution in [0.3, 0.4) is 0 Å². The number of aliphatic hydroxyl groups is 2. The number of hydrogen-bond acceptors (Lipinski definition) is 8. The molecule has 0 aromatic carbocycles. The summed E-state index contributed by atoms with van der Waals surface area (Å²) in [4.78, 5) is 33.8. The van der Waals surface area contributed by atoms with Crippen LogP contribution in [0.2, 0.25) is 0 Å². The Labute approximate surface area is 148 Å². The zero-order valence-electron chi connectivity index (χ0n) is 14.1. The van der Waals surface area contributed by atoms with Crippen LogP contribution in [0, 0.1) is 0 Å². The molecule has 0 radical (unpaired) electrons. The fraction of sp³-hybridized carbons (Fsp3) is 0.571. The Balaban J connectivity index is 2.89. The Morgan fingerprint density at radius 3 is 2.50 bits per heavy atom. The number of aliphatic carboxylic acids is 1. The van der Waals surface area contributed by atoms with E-state index >= 15 is 0 Å². The van der Waals surface area contributed by atoms with Crippen LogP contribution in [-0.4, -0.2) is 57.1 Å². The number of nitrogens with one attached hydrogen (secondary N) is 2. The molecule has 1 heterocycles. The van der Waals surface area contributed by atoms with Gasteiger partial charge in [0.25, 0.3) is 0 Å². The second-order valence-electron chi connectivity index (χ2n) is 5.67. The smallest absolute Gasteiger partial charge is 0.328 e. The number of urea groups is 1. The lowest BCUT2D eigenvalue weighted by molar-refractivity contribution is -0.140. The number of carboxylic acid groups (broad SMARTS) is 1. The van der Waals surface area contributed by atoms with Crippen molar-refractivity contribution in [3.05, 3.63) is 17.5 Å². The summed E-state index contributed by atoms with van der Waals surface area (Å²) in [6.45, 7) is 0.663. The van der Waals surface area contributed by atoms with Gasteiger partial charge >= 0.3 is 12.0 Å². The minimum Gasteiger partial charge on any atom is -0.480 e. The van der Waals surface area contributed by atoms with E-state index in [-0.39, 0.29) is 24.3 Å². The van der Waals surface area contributed by atoms with Crippen LogP contribution in [-0.2, 0) is 9.59 Å². The highest BCUT2D eigenvalue weighted by Gasteiger charge is 2.25. The highest BCUT2D eigenvalue weighted by molar-refractivity contribution is 5.82. The van der Waals surface area contributed by atoms with E-state index in [1.165, 1.54) is 13.0 Å². The standard InChI is InChI=1S/C14H23N5O7/c1-6(21)12(16)10-4-8(19-26-10)7(2-3-11(15)22)17-14(25)18-9(5-20)13(23)24/h4,6-7,9,12,20-21H,2-3,5,16H2,1H3,(H2,15,22)(H,23,24)(H2,17,18,25)/t6-,7-,9+,12+/m1/s1. The molecule has 0 saturated carbocycles. The van der Waals surface area contributed by atoms with Crippen LogP contribution < -0.4 is 22.1 Å². The average Bonchev–Trinajstić information content (AvgIpc) is 3.04. The highest BCUT2D eigenvalue weighted by atomic mass is 16.5. The largest absolute Gasteiger partial charge is 0.480 e. The molecule has 0 saturated heterocycles. The van der Waals surface area contributed by atoms with E-state index in [1.807, 2.05) is 0 Å². The van der Waals surface area contributed by atoms with Crippen molar-refractivity contribution in [1.29, 1.82) is 0 Å². The summed E-state index contributed by atoms with van der Waals surface area (Å²) in [5, 5.41) is 35.5. The topological polar surface area (TPSA) is 214 Å². The molecule has 12 heteroatoms. The molecule has 1 aromatic rings. The van der Waals surface area contributed by atoms with Gasteiger partial charge in [-0.05, 0) is 13.3 Å². The van der Waals surface area contributed by atoms with Crippen molar-refractivity contribution < 1.29 is 34.2 Å². The number of amides is 3. The maximum absolute atomic E-state index is 12.0. The van der Waals surface area contributed by atoms with Gasteiger partial charge in [0, 0.05) is 12.5 Å². The Bertz CT molecular complexity index is 633. The van der Waals surface area contributed by atoms with Crippen LogP contribution in [0.1, 0.15) is 43.3 Å². The summed E-state index contributed by atoms with van der Waals surface area (Å²) in [5.41, 5.74) is 11.1. The Morgan fingerprint density at radius 2 is 2.00 bits per heavy atom. The fourth-order valence-electron chi connectivity index (χ4n) is 1.99. The van der Waals surface area contributed by atoms with Crippen LogP contribution in [0.4, 0.5) is 4.79 Å². The van der Waals surface area contributed by atoms with Crippen molar-refractivity contribution >= 4 is 17.9 Å². The number of carbonyl (C=O) groups excluding carboxylic acids is 2. The first-order valence-electron chi connectivity index (χ1n) is 7.74. The van der Waals surface area contributed by atoms with Gasteiger partial charge in [-0.3, -0.25) is 4.79 Å². The Kier molecular flexibility index (Phi) is 7.96. The molecule has 1 aromatic heterocycles. The second-order valence-corrected chi connectivity index (χ2v) is 5.67. The molecule has 0 aliphatic rings. The quantitative estimate of drug-likeness (QED) is 0.243. The number of rotatable bonds is 10. The molecule has 0 bridgehead atoms. The third-order valence-electron chi connectivity index (χ3n) is 3.52. The van der Waals surface area contributed by atoms with Gasteiger partial charge in [0.05, 0.1) is 24.8 Å². The number of hydrogen-bond donors (Lipinski definition) is 7. The number of carbonyl (C=O) groups is 3. The van der Waals surface area contributed by atoms with E-state index in [1.54, 1.807) is 0 Å². The number of nitrogens with zero attached hydrogens (tertiary/aromatic N) is 1. The number of nitrogens with two attached hydrogens (primary N) is 2. The molecule has 3 amide bonds. The van der Waals surface area contributed by atoms with Crippen LogP contribution >= 0.6 is 0 Å². The molecule has 0 aliphatic heterocycles. The number of primary amides is 1. The molecule has 0 aliphatic carbocycles. The number of aromatic nitrogens is 1.